The molecule has 3 nitrogen and oxygen atoms in total. The van der Waals surface area contributed by atoms with Crippen LogP contribution in [-0.4, -0.2) is 45.2 Å². The summed E-state index contributed by atoms with van der Waals surface area (Å²) < 4.78 is 0. The van der Waals surface area contributed by atoms with Gasteiger partial charge in [-0.25, -0.2) is 0 Å². The number of rotatable bonds is 8. The van der Waals surface area contributed by atoms with Crippen molar-refractivity contribution in [3.05, 3.63) is 29.3 Å². The number of hydrogen-bond donors (Lipinski definition) is 1. The number of benzene rings is 1. The molecule has 114 valence electrons. The highest BCUT2D eigenvalue weighted by Gasteiger charge is 2.10. The lowest BCUT2D eigenvalue weighted by atomic mass is 10.00. The predicted molar refractivity (Wildman–Crippen MR) is 89.6 cm³/mol. The van der Waals surface area contributed by atoms with Gasteiger partial charge in [-0.1, -0.05) is 24.6 Å². The van der Waals surface area contributed by atoms with Gasteiger partial charge in [-0.15, -0.1) is 0 Å². The minimum Gasteiger partial charge on any atom is -0.374 e. The molecule has 0 radical (unpaired) electrons. The SMILES string of the molecule is CCC(N)Cc1cc(C)ccc1N(C)CCCN(C)C. The zero-order valence-electron chi connectivity index (χ0n) is 13.8. The Bertz CT molecular complexity index is 401. The van der Waals surface area contributed by atoms with Crippen molar-refractivity contribution in [3.8, 4) is 0 Å². The monoisotopic (exact) mass is 277 g/mol. The summed E-state index contributed by atoms with van der Waals surface area (Å²) in [6.45, 7) is 6.51. The van der Waals surface area contributed by atoms with E-state index >= 15 is 0 Å². The van der Waals surface area contributed by atoms with Crippen LogP contribution in [0.3, 0.4) is 0 Å². The summed E-state index contributed by atoms with van der Waals surface area (Å²) in [6.07, 6.45) is 3.17. The van der Waals surface area contributed by atoms with E-state index in [0.717, 1.165) is 25.9 Å². The number of aryl methyl sites for hydroxylation is 1. The Kier molecular flexibility index (Phi) is 7.03. The Morgan fingerprint density at radius 1 is 1.15 bits per heavy atom. The maximum Gasteiger partial charge on any atom is 0.0396 e. The Labute approximate surface area is 124 Å². The molecule has 0 aliphatic heterocycles. The van der Waals surface area contributed by atoms with Crippen molar-refractivity contribution in [1.82, 2.24) is 4.90 Å². The fraction of sp³-hybridized carbons (Fsp3) is 0.647. The van der Waals surface area contributed by atoms with E-state index in [2.05, 4.69) is 63.0 Å². The summed E-state index contributed by atoms with van der Waals surface area (Å²) in [4.78, 5) is 4.59. The lowest BCUT2D eigenvalue weighted by molar-refractivity contribution is 0.401. The molecule has 0 aromatic heterocycles. The molecule has 0 saturated heterocycles. The smallest absolute Gasteiger partial charge is 0.0396 e. The van der Waals surface area contributed by atoms with E-state index in [1.54, 1.807) is 0 Å². The Hall–Kier alpha value is -1.06. The van der Waals surface area contributed by atoms with Gasteiger partial charge < -0.3 is 15.5 Å². The summed E-state index contributed by atoms with van der Waals surface area (Å²) in [6, 6.07) is 6.97. The average Bonchev–Trinajstić information content (AvgIpc) is 2.38. The van der Waals surface area contributed by atoms with Gasteiger partial charge in [-0.3, -0.25) is 0 Å². The van der Waals surface area contributed by atoms with E-state index in [0.29, 0.717) is 0 Å². The molecule has 0 fully saturated rings. The van der Waals surface area contributed by atoms with Gasteiger partial charge in [-0.2, -0.15) is 0 Å². The Morgan fingerprint density at radius 2 is 1.85 bits per heavy atom. The second-order valence-corrected chi connectivity index (χ2v) is 6.08. The van der Waals surface area contributed by atoms with E-state index < -0.39 is 0 Å². The van der Waals surface area contributed by atoms with Crippen molar-refractivity contribution in [2.24, 2.45) is 5.73 Å². The van der Waals surface area contributed by atoms with Crippen LogP contribution >= 0.6 is 0 Å². The Balaban J connectivity index is 2.76. The minimum absolute atomic E-state index is 0.255. The number of hydrogen-bond acceptors (Lipinski definition) is 3. The summed E-state index contributed by atoms with van der Waals surface area (Å²) in [5.41, 5.74) is 10.2. The van der Waals surface area contributed by atoms with Crippen LogP contribution in [-0.2, 0) is 6.42 Å². The van der Waals surface area contributed by atoms with Gasteiger partial charge in [0.25, 0.3) is 0 Å². The molecule has 0 spiro atoms. The van der Waals surface area contributed by atoms with Gasteiger partial charge in [-0.05, 0) is 58.5 Å². The van der Waals surface area contributed by atoms with E-state index in [9.17, 15) is 0 Å². The third kappa shape index (κ3) is 5.51. The highest BCUT2D eigenvalue weighted by molar-refractivity contribution is 5.54. The lowest BCUT2D eigenvalue weighted by Crippen LogP contribution is -2.26. The molecule has 0 aliphatic rings. The number of anilines is 1. The second kappa shape index (κ2) is 8.28. The molecular formula is C17H31N3. The van der Waals surface area contributed by atoms with Crippen molar-refractivity contribution in [2.45, 2.75) is 39.2 Å². The van der Waals surface area contributed by atoms with E-state index in [4.69, 9.17) is 5.73 Å². The zero-order chi connectivity index (χ0) is 15.1. The summed E-state index contributed by atoms with van der Waals surface area (Å²) in [7, 11) is 6.43. The molecule has 0 heterocycles. The van der Waals surface area contributed by atoms with Crippen LogP contribution in [0.5, 0.6) is 0 Å². The first-order valence-corrected chi connectivity index (χ1v) is 7.65. The molecule has 1 aromatic rings. The van der Waals surface area contributed by atoms with Crippen molar-refractivity contribution >= 4 is 5.69 Å². The maximum atomic E-state index is 6.14. The highest BCUT2D eigenvalue weighted by atomic mass is 15.1. The van der Waals surface area contributed by atoms with Gasteiger partial charge in [0.1, 0.15) is 0 Å². The number of nitrogens with zero attached hydrogens (tertiary/aromatic N) is 2. The van der Waals surface area contributed by atoms with Crippen LogP contribution < -0.4 is 10.6 Å². The Morgan fingerprint density at radius 3 is 2.45 bits per heavy atom. The zero-order valence-corrected chi connectivity index (χ0v) is 13.8. The maximum absolute atomic E-state index is 6.14. The molecule has 2 N–H and O–H groups in total. The van der Waals surface area contributed by atoms with Crippen LogP contribution in [0.2, 0.25) is 0 Å². The fourth-order valence-electron chi connectivity index (χ4n) is 2.42. The molecule has 0 saturated carbocycles. The molecule has 1 rings (SSSR count). The van der Waals surface area contributed by atoms with Crippen LogP contribution in [0, 0.1) is 6.92 Å². The van der Waals surface area contributed by atoms with Crippen molar-refractivity contribution in [1.29, 1.82) is 0 Å². The molecule has 1 aromatic carbocycles. The van der Waals surface area contributed by atoms with Crippen LogP contribution in [0.4, 0.5) is 5.69 Å². The fourth-order valence-corrected chi connectivity index (χ4v) is 2.42. The van der Waals surface area contributed by atoms with Crippen molar-refractivity contribution in [2.75, 3.05) is 39.1 Å². The van der Waals surface area contributed by atoms with Gasteiger partial charge in [0, 0.05) is 25.3 Å². The quantitative estimate of drug-likeness (QED) is 0.793. The topological polar surface area (TPSA) is 32.5 Å². The molecule has 1 atom stereocenters. The van der Waals surface area contributed by atoms with E-state index in [1.165, 1.54) is 23.2 Å². The van der Waals surface area contributed by atoms with Crippen LogP contribution in [0.15, 0.2) is 18.2 Å². The van der Waals surface area contributed by atoms with Crippen LogP contribution in [0.1, 0.15) is 30.9 Å². The van der Waals surface area contributed by atoms with Gasteiger partial charge in [0.2, 0.25) is 0 Å². The predicted octanol–water partition coefficient (Wildman–Crippen LogP) is 2.66. The molecular weight excluding hydrogens is 246 g/mol. The first-order chi connectivity index (χ1) is 9.43. The average molecular weight is 277 g/mol. The second-order valence-electron chi connectivity index (χ2n) is 6.08. The van der Waals surface area contributed by atoms with Gasteiger partial charge in [0.05, 0.1) is 0 Å². The molecule has 0 amide bonds. The van der Waals surface area contributed by atoms with Gasteiger partial charge in [0.15, 0.2) is 0 Å². The third-order valence-electron chi connectivity index (χ3n) is 3.75. The van der Waals surface area contributed by atoms with Crippen LogP contribution in [0.25, 0.3) is 0 Å². The highest BCUT2D eigenvalue weighted by Crippen LogP contribution is 2.23. The standard InChI is InChI=1S/C17H31N3/c1-6-16(18)13-15-12-14(2)8-9-17(15)20(5)11-7-10-19(3)4/h8-9,12,16H,6-7,10-11,13,18H2,1-5H3. The normalized spacial score (nSPS) is 12.8. The first-order valence-electron chi connectivity index (χ1n) is 7.65. The minimum atomic E-state index is 0.255. The molecule has 1 unspecified atom stereocenters. The largest absolute Gasteiger partial charge is 0.374 e. The summed E-state index contributed by atoms with van der Waals surface area (Å²) >= 11 is 0. The lowest BCUT2D eigenvalue weighted by Gasteiger charge is -2.24. The first kappa shape index (κ1) is 17.0. The molecule has 3 heteroatoms. The third-order valence-corrected chi connectivity index (χ3v) is 3.75. The van der Waals surface area contributed by atoms with Crippen molar-refractivity contribution in [3.63, 3.8) is 0 Å². The molecule has 0 bridgehead atoms. The summed E-state index contributed by atoms with van der Waals surface area (Å²) in [5.74, 6) is 0. The number of nitrogens with two attached hydrogens (primary N) is 1. The van der Waals surface area contributed by atoms with E-state index in [-0.39, 0.29) is 6.04 Å². The molecule has 20 heavy (non-hydrogen) atoms. The van der Waals surface area contributed by atoms with E-state index in [1.807, 2.05) is 0 Å². The van der Waals surface area contributed by atoms with Crippen molar-refractivity contribution < 1.29 is 0 Å². The molecule has 0 aliphatic carbocycles. The van der Waals surface area contributed by atoms with Gasteiger partial charge >= 0.3 is 0 Å². The summed E-state index contributed by atoms with van der Waals surface area (Å²) in [5, 5.41) is 0.